The van der Waals surface area contributed by atoms with Crippen LogP contribution >= 0.6 is 0 Å². The zero-order valence-corrected chi connectivity index (χ0v) is 23.0. The Labute approximate surface area is 225 Å². The molecule has 1 aliphatic carbocycles. The summed E-state index contributed by atoms with van der Waals surface area (Å²) in [5.74, 6) is -0.0642. The molecule has 0 unspecified atom stereocenters. The van der Waals surface area contributed by atoms with Crippen molar-refractivity contribution in [3.05, 3.63) is 59.7 Å². The molecular weight excluding hydrogens is 482 g/mol. The standard InChI is InChI=1S/C30H41N3O5/c1-30(2,3)38-28(35)32-19-10-9-16-26(27(34)17-11-18-31-4)33-29(36)37-20-25-23-14-7-5-12-21(23)22-13-6-8-15-24(22)25/h5-8,12-15,25-26,31H,9-11,16-20H2,1-4H3,(H,32,35)(H,33,36)/t26-/m0/s1. The van der Waals surface area contributed by atoms with Gasteiger partial charge in [-0.05, 0) is 82.3 Å². The maximum absolute atomic E-state index is 12.9. The molecule has 1 atom stereocenters. The molecule has 0 aromatic heterocycles. The number of Topliss-reactive ketones (excluding diaryl/α,β-unsaturated/α-hetero) is 1. The number of hydrogen-bond acceptors (Lipinski definition) is 6. The second-order valence-electron chi connectivity index (χ2n) is 10.6. The minimum atomic E-state index is -0.635. The molecule has 0 aliphatic heterocycles. The van der Waals surface area contributed by atoms with Gasteiger partial charge in [-0.3, -0.25) is 4.79 Å². The van der Waals surface area contributed by atoms with E-state index in [1.807, 2.05) is 52.1 Å². The fraction of sp³-hybridized carbons (Fsp3) is 0.500. The van der Waals surface area contributed by atoms with Crippen LogP contribution in [0.25, 0.3) is 11.1 Å². The molecule has 0 radical (unpaired) electrons. The van der Waals surface area contributed by atoms with Gasteiger partial charge in [-0.25, -0.2) is 9.59 Å². The second kappa shape index (κ2) is 14.0. The van der Waals surface area contributed by atoms with Crippen LogP contribution in [0, 0.1) is 0 Å². The van der Waals surface area contributed by atoms with E-state index >= 15 is 0 Å². The van der Waals surface area contributed by atoms with Crippen molar-refractivity contribution in [3.63, 3.8) is 0 Å². The molecule has 206 valence electrons. The lowest BCUT2D eigenvalue weighted by Crippen LogP contribution is -2.41. The van der Waals surface area contributed by atoms with E-state index in [-0.39, 0.29) is 18.3 Å². The number of nitrogens with one attached hydrogen (secondary N) is 3. The predicted octanol–water partition coefficient (Wildman–Crippen LogP) is 5.16. The Morgan fingerprint density at radius 3 is 2.11 bits per heavy atom. The molecule has 0 saturated carbocycles. The molecule has 0 heterocycles. The number of carbonyl (C=O) groups excluding carboxylic acids is 3. The van der Waals surface area contributed by atoms with E-state index in [1.165, 1.54) is 0 Å². The predicted molar refractivity (Wildman–Crippen MR) is 148 cm³/mol. The van der Waals surface area contributed by atoms with Gasteiger partial charge in [0.15, 0.2) is 5.78 Å². The number of benzene rings is 2. The van der Waals surface area contributed by atoms with Crippen LogP contribution in [-0.2, 0) is 14.3 Å². The number of carbonyl (C=O) groups is 3. The summed E-state index contributed by atoms with van der Waals surface area (Å²) >= 11 is 0. The van der Waals surface area contributed by atoms with Crippen molar-refractivity contribution >= 4 is 18.0 Å². The van der Waals surface area contributed by atoms with Gasteiger partial charge in [0, 0.05) is 18.9 Å². The highest BCUT2D eigenvalue weighted by atomic mass is 16.6. The number of rotatable bonds is 13. The van der Waals surface area contributed by atoms with Gasteiger partial charge in [0.25, 0.3) is 0 Å². The molecule has 8 nitrogen and oxygen atoms in total. The van der Waals surface area contributed by atoms with Crippen molar-refractivity contribution in [1.29, 1.82) is 0 Å². The van der Waals surface area contributed by atoms with E-state index < -0.39 is 23.8 Å². The van der Waals surface area contributed by atoms with Gasteiger partial charge < -0.3 is 25.4 Å². The van der Waals surface area contributed by atoms with Gasteiger partial charge in [-0.15, -0.1) is 0 Å². The van der Waals surface area contributed by atoms with Crippen LogP contribution in [0.2, 0.25) is 0 Å². The van der Waals surface area contributed by atoms with Gasteiger partial charge in [0.2, 0.25) is 0 Å². The van der Waals surface area contributed by atoms with Crippen LogP contribution in [0.15, 0.2) is 48.5 Å². The third-order valence-corrected chi connectivity index (χ3v) is 6.46. The Morgan fingerprint density at radius 2 is 1.50 bits per heavy atom. The summed E-state index contributed by atoms with van der Waals surface area (Å²) in [6.45, 7) is 6.79. The molecular formula is C30H41N3O5. The number of hydrogen-bond donors (Lipinski definition) is 3. The molecule has 3 N–H and O–H groups in total. The molecule has 2 aromatic carbocycles. The lowest BCUT2D eigenvalue weighted by atomic mass is 9.98. The first-order valence-electron chi connectivity index (χ1n) is 13.4. The largest absolute Gasteiger partial charge is 0.449 e. The van der Waals surface area contributed by atoms with Crippen molar-refractivity contribution in [2.45, 2.75) is 70.4 Å². The van der Waals surface area contributed by atoms with Gasteiger partial charge in [-0.1, -0.05) is 48.5 Å². The summed E-state index contributed by atoms with van der Waals surface area (Å²) < 4.78 is 10.9. The first-order chi connectivity index (χ1) is 18.2. The Bertz CT molecular complexity index is 1050. The minimum absolute atomic E-state index is 0.0196. The van der Waals surface area contributed by atoms with E-state index in [0.29, 0.717) is 38.6 Å². The molecule has 0 bridgehead atoms. The minimum Gasteiger partial charge on any atom is -0.449 e. The average Bonchev–Trinajstić information content (AvgIpc) is 3.19. The summed E-state index contributed by atoms with van der Waals surface area (Å²) in [4.78, 5) is 37.5. The monoisotopic (exact) mass is 523 g/mol. The van der Waals surface area contributed by atoms with E-state index in [0.717, 1.165) is 28.8 Å². The normalized spacial score (nSPS) is 13.3. The molecule has 0 spiro atoms. The van der Waals surface area contributed by atoms with Crippen LogP contribution in [0.1, 0.15) is 69.9 Å². The maximum Gasteiger partial charge on any atom is 0.407 e. The van der Waals surface area contributed by atoms with Crippen molar-refractivity contribution < 1.29 is 23.9 Å². The lowest BCUT2D eigenvalue weighted by Gasteiger charge is -2.20. The number of fused-ring (bicyclic) bond motifs is 3. The molecule has 0 saturated heterocycles. The Morgan fingerprint density at radius 1 is 0.868 bits per heavy atom. The number of alkyl carbamates (subject to hydrolysis) is 2. The number of amides is 2. The number of ether oxygens (including phenoxy) is 2. The van der Waals surface area contributed by atoms with Gasteiger partial charge >= 0.3 is 12.2 Å². The Balaban J connectivity index is 1.53. The SMILES string of the molecule is CNCCCC(=O)[C@H](CCCCNC(=O)OC(C)(C)C)NC(=O)OCC1c2ccccc2-c2ccccc21. The molecule has 1 aliphatic rings. The Kier molecular flexibility index (Phi) is 10.7. The zero-order valence-electron chi connectivity index (χ0n) is 23.0. The van der Waals surface area contributed by atoms with Crippen molar-refractivity contribution in [2.75, 3.05) is 26.7 Å². The first-order valence-corrected chi connectivity index (χ1v) is 13.4. The van der Waals surface area contributed by atoms with E-state index in [2.05, 4.69) is 40.2 Å². The summed E-state index contributed by atoms with van der Waals surface area (Å²) in [5, 5.41) is 8.57. The molecule has 2 amide bonds. The van der Waals surface area contributed by atoms with Crippen LogP contribution in [0.4, 0.5) is 9.59 Å². The fourth-order valence-corrected chi connectivity index (χ4v) is 4.69. The number of ketones is 1. The summed E-state index contributed by atoms with van der Waals surface area (Å²) in [7, 11) is 1.84. The average molecular weight is 524 g/mol. The molecule has 38 heavy (non-hydrogen) atoms. The third kappa shape index (κ3) is 8.58. The highest BCUT2D eigenvalue weighted by Gasteiger charge is 2.29. The maximum atomic E-state index is 12.9. The first kappa shape index (κ1) is 29.2. The van der Waals surface area contributed by atoms with E-state index in [1.54, 1.807) is 0 Å². The molecule has 3 rings (SSSR count). The van der Waals surface area contributed by atoms with E-state index in [4.69, 9.17) is 9.47 Å². The van der Waals surface area contributed by atoms with Gasteiger partial charge in [0.05, 0.1) is 6.04 Å². The van der Waals surface area contributed by atoms with Crippen molar-refractivity contribution in [2.24, 2.45) is 0 Å². The number of unbranched alkanes of at least 4 members (excludes halogenated alkanes) is 1. The zero-order chi connectivity index (χ0) is 27.5. The second-order valence-corrected chi connectivity index (χ2v) is 10.6. The summed E-state index contributed by atoms with van der Waals surface area (Å²) in [6.07, 6.45) is 1.79. The highest BCUT2D eigenvalue weighted by molar-refractivity contribution is 5.87. The third-order valence-electron chi connectivity index (χ3n) is 6.46. The van der Waals surface area contributed by atoms with E-state index in [9.17, 15) is 14.4 Å². The van der Waals surface area contributed by atoms with Crippen molar-refractivity contribution in [3.8, 4) is 11.1 Å². The fourth-order valence-electron chi connectivity index (χ4n) is 4.69. The topological polar surface area (TPSA) is 106 Å². The van der Waals surface area contributed by atoms with Crippen LogP contribution in [0.3, 0.4) is 0 Å². The van der Waals surface area contributed by atoms with Crippen LogP contribution in [0.5, 0.6) is 0 Å². The molecule has 8 heteroatoms. The summed E-state index contributed by atoms with van der Waals surface area (Å²) in [5.41, 5.74) is 4.05. The van der Waals surface area contributed by atoms with Crippen LogP contribution in [-0.4, -0.2) is 56.4 Å². The molecule has 2 aromatic rings. The van der Waals surface area contributed by atoms with Crippen molar-refractivity contribution in [1.82, 2.24) is 16.0 Å². The van der Waals surface area contributed by atoms with Crippen LogP contribution < -0.4 is 16.0 Å². The smallest absolute Gasteiger partial charge is 0.407 e. The highest BCUT2D eigenvalue weighted by Crippen LogP contribution is 2.44. The quantitative estimate of drug-likeness (QED) is 0.313. The summed E-state index contributed by atoms with van der Waals surface area (Å²) in [6, 6.07) is 15.7. The molecule has 0 fully saturated rings. The van der Waals surface area contributed by atoms with Gasteiger partial charge in [-0.2, -0.15) is 0 Å². The lowest BCUT2D eigenvalue weighted by molar-refractivity contribution is -0.121. The van der Waals surface area contributed by atoms with Gasteiger partial charge in [0.1, 0.15) is 12.2 Å². The Hall–Kier alpha value is -3.39.